The number of phenols is 4. The largest absolute Gasteiger partial charge is 0.508 e. The molecule has 0 fully saturated rings. The highest BCUT2D eigenvalue weighted by atomic mass is 16.5. The van der Waals surface area contributed by atoms with Crippen LogP contribution in [-0.2, 0) is 12.8 Å². The lowest BCUT2D eigenvalue weighted by Crippen LogP contribution is -2.36. The maximum Gasteiger partial charge on any atom is 0.168 e. The van der Waals surface area contributed by atoms with Crippen molar-refractivity contribution < 1.29 is 30.0 Å². The van der Waals surface area contributed by atoms with Crippen molar-refractivity contribution in [1.82, 2.24) is 0 Å². The normalized spacial score (nSPS) is 17.9. The van der Waals surface area contributed by atoms with E-state index in [1.807, 2.05) is 6.92 Å². The second-order valence-electron chi connectivity index (χ2n) is 9.14. The summed E-state index contributed by atoms with van der Waals surface area (Å²) in [5, 5.41) is 41.1. The molecule has 0 aliphatic carbocycles. The summed E-state index contributed by atoms with van der Waals surface area (Å²) in [6.07, 6.45) is 4.25. The molecule has 0 radical (unpaired) electrons. The third kappa shape index (κ3) is 5.06. The highest BCUT2D eigenvalue weighted by Gasteiger charge is 2.35. The number of carbonyl (C=O) groups excluding carboxylic acids is 1. The first-order valence-corrected chi connectivity index (χ1v) is 10.9. The summed E-state index contributed by atoms with van der Waals surface area (Å²) in [6, 6.07) is 5.65. The number of benzene rings is 2. The average molecular weight is 429 g/mol. The molecule has 0 saturated heterocycles. The zero-order chi connectivity index (χ0) is 22.8. The van der Waals surface area contributed by atoms with Gasteiger partial charge in [-0.2, -0.15) is 0 Å². The molecule has 1 atom stereocenters. The smallest absolute Gasteiger partial charge is 0.168 e. The van der Waals surface area contributed by atoms with Crippen molar-refractivity contribution in [3.05, 3.63) is 41.0 Å². The molecule has 1 heterocycles. The van der Waals surface area contributed by atoms with Crippen LogP contribution in [0.25, 0.3) is 0 Å². The van der Waals surface area contributed by atoms with Crippen LogP contribution in [0.2, 0.25) is 0 Å². The van der Waals surface area contributed by atoms with Gasteiger partial charge in [0.05, 0.1) is 5.56 Å². The predicted octanol–water partition coefficient (Wildman–Crippen LogP) is 5.23. The first-order chi connectivity index (χ1) is 14.6. The van der Waals surface area contributed by atoms with Crippen molar-refractivity contribution in [1.29, 1.82) is 0 Å². The van der Waals surface area contributed by atoms with E-state index in [2.05, 4.69) is 13.8 Å². The molecule has 1 unspecified atom stereocenters. The minimum absolute atomic E-state index is 0.0261. The molecule has 3 rings (SSSR count). The maximum absolute atomic E-state index is 12.8. The number of aromatic hydroxyl groups is 4. The van der Waals surface area contributed by atoms with Crippen molar-refractivity contribution in [3.8, 4) is 28.7 Å². The number of ketones is 1. The van der Waals surface area contributed by atoms with E-state index in [0.717, 1.165) is 19.3 Å². The summed E-state index contributed by atoms with van der Waals surface area (Å²) >= 11 is 0. The lowest BCUT2D eigenvalue weighted by Gasteiger charge is -2.37. The molecule has 6 heteroatoms. The Morgan fingerprint density at radius 1 is 1.13 bits per heavy atom. The van der Waals surface area contributed by atoms with Crippen LogP contribution in [-0.4, -0.2) is 31.8 Å². The van der Waals surface area contributed by atoms with Gasteiger partial charge in [0.1, 0.15) is 22.8 Å². The lowest BCUT2D eigenvalue weighted by molar-refractivity contribution is 0.0487. The second kappa shape index (κ2) is 9.08. The number of phenolic OH excluding ortho intramolecular Hbond substituents is 4. The van der Waals surface area contributed by atoms with Gasteiger partial charge in [-0.25, -0.2) is 0 Å². The van der Waals surface area contributed by atoms with Crippen molar-refractivity contribution in [2.24, 2.45) is 5.92 Å². The quantitative estimate of drug-likeness (QED) is 0.339. The van der Waals surface area contributed by atoms with E-state index in [1.54, 1.807) is 0 Å². The van der Waals surface area contributed by atoms with Crippen LogP contribution in [0.5, 0.6) is 28.7 Å². The van der Waals surface area contributed by atoms with E-state index < -0.39 is 5.60 Å². The molecule has 168 valence electrons. The SMILES string of the molecule is CC(C)CCCC1(C)CCc2c(O)c(C(=O)CCc3c(O)cccc3O)cc(O)c2O1. The summed E-state index contributed by atoms with van der Waals surface area (Å²) in [5.74, 6) is -0.00905. The third-order valence-corrected chi connectivity index (χ3v) is 6.10. The highest BCUT2D eigenvalue weighted by Crippen LogP contribution is 2.47. The maximum atomic E-state index is 12.8. The fourth-order valence-electron chi connectivity index (χ4n) is 4.19. The average Bonchev–Trinajstić information content (AvgIpc) is 2.69. The van der Waals surface area contributed by atoms with Crippen LogP contribution in [0.3, 0.4) is 0 Å². The van der Waals surface area contributed by atoms with Gasteiger partial charge in [-0.15, -0.1) is 0 Å². The summed E-state index contributed by atoms with van der Waals surface area (Å²) in [4.78, 5) is 12.8. The van der Waals surface area contributed by atoms with Gasteiger partial charge in [-0.05, 0) is 63.1 Å². The van der Waals surface area contributed by atoms with Crippen LogP contribution in [0, 0.1) is 5.92 Å². The molecule has 0 aromatic heterocycles. The second-order valence-corrected chi connectivity index (χ2v) is 9.14. The van der Waals surface area contributed by atoms with Crippen molar-refractivity contribution >= 4 is 5.78 Å². The molecular formula is C25H32O6. The van der Waals surface area contributed by atoms with Crippen LogP contribution in [0.4, 0.5) is 0 Å². The standard InChI is InChI=1S/C25H32O6/c1-15(2)6-5-12-25(3)13-11-17-23(30)18(14-22(29)24(17)31-25)21(28)10-9-16-19(26)7-4-8-20(16)27/h4,7-8,14-15,26-27,29-30H,5-6,9-13H2,1-3H3. The molecule has 0 saturated carbocycles. The van der Waals surface area contributed by atoms with E-state index in [-0.39, 0.29) is 58.5 Å². The van der Waals surface area contributed by atoms with Gasteiger partial charge >= 0.3 is 0 Å². The third-order valence-electron chi connectivity index (χ3n) is 6.10. The van der Waals surface area contributed by atoms with E-state index in [9.17, 15) is 25.2 Å². The predicted molar refractivity (Wildman–Crippen MR) is 118 cm³/mol. The Morgan fingerprint density at radius 2 is 1.81 bits per heavy atom. The zero-order valence-electron chi connectivity index (χ0n) is 18.4. The molecule has 1 aliphatic heterocycles. The first-order valence-electron chi connectivity index (χ1n) is 10.9. The van der Waals surface area contributed by atoms with Gasteiger partial charge in [0, 0.05) is 17.5 Å². The fourth-order valence-corrected chi connectivity index (χ4v) is 4.19. The minimum atomic E-state index is -0.417. The number of rotatable bonds is 8. The summed E-state index contributed by atoms with van der Waals surface area (Å²) in [5.41, 5.74) is 0.339. The van der Waals surface area contributed by atoms with Crippen molar-refractivity contribution in [2.45, 2.75) is 71.3 Å². The molecule has 0 spiro atoms. The van der Waals surface area contributed by atoms with Crippen molar-refractivity contribution in [3.63, 3.8) is 0 Å². The molecule has 2 aromatic rings. The zero-order valence-corrected chi connectivity index (χ0v) is 18.4. The summed E-state index contributed by atoms with van der Waals surface area (Å²) in [7, 11) is 0. The molecule has 0 bridgehead atoms. The molecule has 2 aromatic carbocycles. The number of carbonyl (C=O) groups is 1. The lowest BCUT2D eigenvalue weighted by atomic mass is 9.86. The van der Waals surface area contributed by atoms with E-state index in [4.69, 9.17) is 4.74 Å². The Bertz CT molecular complexity index is 945. The first kappa shape index (κ1) is 22.8. The Kier molecular flexibility index (Phi) is 6.68. The van der Waals surface area contributed by atoms with Gasteiger partial charge in [-0.1, -0.05) is 26.3 Å². The number of ether oxygens (including phenoxy) is 1. The number of hydrogen-bond acceptors (Lipinski definition) is 6. The minimum Gasteiger partial charge on any atom is -0.508 e. The van der Waals surface area contributed by atoms with Gasteiger partial charge in [0.2, 0.25) is 0 Å². The molecule has 0 amide bonds. The Hall–Kier alpha value is -2.89. The van der Waals surface area contributed by atoms with E-state index in [0.29, 0.717) is 24.3 Å². The number of hydrogen-bond donors (Lipinski definition) is 4. The number of Topliss-reactive ketones (excluding diaryl/α,β-unsaturated/α-hetero) is 1. The summed E-state index contributed by atoms with van der Waals surface area (Å²) in [6.45, 7) is 6.38. The molecule has 6 nitrogen and oxygen atoms in total. The Labute approximate surface area is 183 Å². The molecule has 4 N–H and O–H groups in total. The van der Waals surface area contributed by atoms with Crippen LogP contribution >= 0.6 is 0 Å². The summed E-state index contributed by atoms with van der Waals surface area (Å²) < 4.78 is 6.12. The highest BCUT2D eigenvalue weighted by molar-refractivity contribution is 6.00. The van der Waals surface area contributed by atoms with E-state index >= 15 is 0 Å². The van der Waals surface area contributed by atoms with Gasteiger partial charge in [0.15, 0.2) is 17.3 Å². The molecule has 1 aliphatic rings. The molecular weight excluding hydrogens is 396 g/mol. The topological polar surface area (TPSA) is 107 Å². The molecule has 31 heavy (non-hydrogen) atoms. The van der Waals surface area contributed by atoms with Gasteiger partial charge < -0.3 is 25.2 Å². The Balaban J connectivity index is 1.76. The number of fused-ring (bicyclic) bond motifs is 1. The van der Waals surface area contributed by atoms with E-state index in [1.165, 1.54) is 24.3 Å². The van der Waals surface area contributed by atoms with Gasteiger partial charge in [-0.3, -0.25) is 4.79 Å². The Morgan fingerprint density at radius 3 is 2.45 bits per heavy atom. The fraction of sp³-hybridized carbons (Fsp3) is 0.480. The van der Waals surface area contributed by atoms with Crippen LogP contribution < -0.4 is 4.74 Å². The van der Waals surface area contributed by atoms with Crippen LogP contribution in [0.1, 0.15) is 74.4 Å². The monoisotopic (exact) mass is 428 g/mol. The van der Waals surface area contributed by atoms with Crippen molar-refractivity contribution in [2.75, 3.05) is 0 Å². The van der Waals surface area contributed by atoms with Gasteiger partial charge in [0.25, 0.3) is 0 Å². The van der Waals surface area contributed by atoms with Crippen LogP contribution in [0.15, 0.2) is 24.3 Å².